The molecule has 0 saturated carbocycles. The number of nitrogens with zero attached hydrogens (tertiary/aromatic N) is 1. The summed E-state index contributed by atoms with van der Waals surface area (Å²) in [6.07, 6.45) is 0. The van der Waals surface area contributed by atoms with Gasteiger partial charge in [-0.1, -0.05) is 98.2 Å². The van der Waals surface area contributed by atoms with Crippen LogP contribution in [0.1, 0.15) is 30.5 Å². The van der Waals surface area contributed by atoms with Gasteiger partial charge < -0.3 is 10.2 Å². The van der Waals surface area contributed by atoms with Gasteiger partial charge in [-0.2, -0.15) is 0 Å². The predicted octanol–water partition coefficient (Wildman–Crippen LogP) is 6.60. The average Bonchev–Trinajstić information content (AvgIpc) is 2.79. The van der Waals surface area contributed by atoms with Crippen molar-refractivity contribution in [3.63, 3.8) is 0 Å². The minimum atomic E-state index is 0.763. The van der Waals surface area contributed by atoms with Crippen molar-refractivity contribution < 1.29 is 0 Å². The summed E-state index contributed by atoms with van der Waals surface area (Å²) < 4.78 is 0. The molecular weight excluding hydrogens is 376 g/mol. The van der Waals surface area contributed by atoms with Crippen molar-refractivity contribution in [1.82, 2.24) is 4.90 Å². The number of nitrogens with one attached hydrogen (secondary N) is 1. The second-order valence-electron chi connectivity index (χ2n) is 6.95. The van der Waals surface area contributed by atoms with Crippen molar-refractivity contribution in [3.05, 3.63) is 102 Å². The van der Waals surface area contributed by atoms with E-state index < -0.39 is 0 Å². The summed E-state index contributed by atoms with van der Waals surface area (Å²) in [5, 5.41) is 4.28. The van der Waals surface area contributed by atoms with Crippen molar-refractivity contribution >= 4 is 27.9 Å². The van der Waals surface area contributed by atoms with E-state index in [4.69, 9.17) is 11.6 Å². The van der Waals surface area contributed by atoms with E-state index >= 15 is 0 Å². The van der Waals surface area contributed by atoms with E-state index in [-0.39, 0.29) is 0 Å². The number of likely N-dealkylation sites (N-methyl/N-ethyl adjacent to an activating group) is 1. The topological polar surface area (TPSA) is 15.3 Å². The standard InChI is InChI=1S/C26H29ClN2/c1-3-29(4-2)20-19-28-24-17-15-22(16-18-24)25(21-11-7-5-8-12-21)26(27)23-13-9-6-10-14-23/h5-18,28H,3-4,19-20H2,1-2H3. The minimum Gasteiger partial charge on any atom is -0.384 e. The third kappa shape index (κ3) is 5.72. The Labute approximate surface area is 179 Å². The molecule has 0 unspecified atom stereocenters. The zero-order valence-corrected chi connectivity index (χ0v) is 18.0. The van der Waals surface area contributed by atoms with Gasteiger partial charge in [0.2, 0.25) is 0 Å². The maximum absolute atomic E-state index is 6.89. The van der Waals surface area contributed by atoms with Crippen LogP contribution in [0.5, 0.6) is 0 Å². The molecule has 0 atom stereocenters. The maximum atomic E-state index is 6.89. The minimum absolute atomic E-state index is 0.763. The lowest BCUT2D eigenvalue weighted by molar-refractivity contribution is 0.316. The van der Waals surface area contributed by atoms with E-state index in [0.29, 0.717) is 0 Å². The van der Waals surface area contributed by atoms with Crippen LogP contribution in [0, 0.1) is 0 Å². The molecule has 0 spiro atoms. The summed E-state index contributed by atoms with van der Waals surface area (Å²) in [5.41, 5.74) is 5.43. The van der Waals surface area contributed by atoms with E-state index in [1.165, 1.54) is 0 Å². The molecule has 1 N–H and O–H groups in total. The third-order valence-electron chi connectivity index (χ3n) is 5.13. The van der Waals surface area contributed by atoms with Crippen molar-refractivity contribution in [2.45, 2.75) is 13.8 Å². The number of benzene rings is 3. The molecule has 0 aliphatic carbocycles. The number of rotatable bonds is 9. The fourth-order valence-corrected chi connectivity index (χ4v) is 3.75. The lowest BCUT2D eigenvalue weighted by atomic mass is 9.95. The normalized spacial score (nSPS) is 12.0. The van der Waals surface area contributed by atoms with Crippen LogP contribution in [0.4, 0.5) is 5.69 Å². The molecule has 0 radical (unpaired) electrons. The van der Waals surface area contributed by atoms with E-state index in [1.54, 1.807) is 0 Å². The zero-order valence-electron chi connectivity index (χ0n) is 17.2. The molecule has 0 saturated heterocycles. The van der Waals surface area contributed by atoms with Crippen LogP contribution in [-0.4, -0.2) is 31.1 Å². The highest BCUT2D eigenvalue weighted by Gasteiger charge is 2.12. The molecule has 0 aliphatic heterocycles. The first-order chi connectivity index (χ1) is 14.2. The SMILES string of the molecule is CCN(CC)CCNc1ccc(C(=C(Cl)c2ccccc2)c2ccccc2)cc1. The highest BCUT2D eigenvalue weighted by atomic mass is 35.5. The van der Waals surface area contributed by atoms with Crippen LogP contribution in [0.25, 0.3) is 10.6 Å². The lowest BCUT2D eigenvalue weighted by Gasteiger charge is -2.18. The van der Waals surface area contributed by atoms with Crippen LogP contribution in [-0.2, 0) is 0 Å². The fraction of sp³-hybridized carbons (Fsp3) is 0.231. The maximum Gasteiger partial charge on any atom is 0.0562 e. The van der Waals surface area contributed by atoms with Gasteiger partial charge in [0, 0.05) is 24.4 Å². The Morgan fingerprint density at radius 1 is 0.724 bits per heavy atom. The van der Waals surface area contributed by atoms with Crippen molar-refractivity contribution in [3.8, 4) is 0 Å². The van der Waals surface area contributed by atoms with Gasteiger partial charge in [-0.25, -0.2) is 0 Å². The molecular formula is C26H29ClN2. The van der Waals surface area contributed by atoms with Crippen LogP contribution >= 0.6 is 11.6 Å². The summed E-state index contributed by atoms with van der Waals surface area (Å²) in [5.74, 6) is 0. The molecule has 0 aliphatic rings. The molecule has 150 valence electrons. The summed E-state index contributed by atoms with van der Waals surface area (Å²) in [4.78, 5) is 2.41. The first-order valence-electron chi connectivity index (χ1n) is 10.3. The van der Waals surface area contributed by atoms with Gasteiger partial charge in [-0.3, -0.25) is 0 Å². The molecule has 0 bridgehead atoms. The van der Waals surface area contributed by atoms with Gasteiger partial charge in [0.15, 0.2) is 0 Å². The molecule has 29 heavy (non-hydrogen) atoms. The largest absolute Gasteiger partial charge is 0.384 e. The summed E-state index contributed by atoms with van der Waals surface area (Å²) >= 11 is 6.89. The Bertz CT molecular complexity index is 898. The molecule has 3 aromatic rings. The van der Waals surface area contributed by atoms with E-state index in [9.17, 15) is 0 Å². The predicted molar refractivity (Wildman–Crippen MR) is 127 cm³/mol. The molecule has 0 fully saturated rings. The highest BCUT2D eigenvalue weighted by Crippen LogP contribution is 2.35. The monoisotopic (exact) mass is 404 g/mol. The lowest BCUT2D eigenvalue weighted by Crippen LogP contribution is -2.28. The van der Waals surface area contributed by atoms with Crippen molar-refractivity contribution in [2.75, 3.05) is 31.5 Å². The molecule has 0 aromatic heterocycles. The zero-order chi connectivity index (χ0) is 20.5. The Balaban J connectivity index is 1.86. The fourth-order valence-electron chi connectivity index (χ4n) is 3.41. The smallest absolute Gasteiger partial charge is 0.0562 e. The van der Waals surface area contributed by atoms with Gasteiger partial charge in [0.05, 0.1) is 5.03 Å². The van der Waals surface area contributed by atoms with Crippen molar-refractivity contribution in [1.29, 1.82) is 0 Å². The molecule has 3 aromatic carbocycles. The average molecular weight is 405 g/mol. The van der Waals surface area contributed by atoms with Crippen LogP contribution in [0.3, 0.4) is 0 Å². The highest BCUT2D eigenvalue weighted by molar-refractivity contribution is 6.53. The van der Waals surface area contributed by atoms with Gasteiger partial charge in [0.25, 0.3) is 0 Å². The Morgan fingerprint density at radius 2 is 1.24 bits per heavy atom. The molecule has 3 rings (SSSR count). The number of halogens is 1. The van der Waals surface area contributed by atoms with E-state index in [1.807, 2.05) is 36.4 Å². The number of hydrogen-bond acceptors (Lipinski definition) is 2. The van der Waals surface area contributed by atoms with Gasteiger partial charge in [0.1, 0.15) is 0 Å². The Kier molecular flexibility index (Phi) is 7.92. The van der Waals surface area contributed by atoms with Gasteiger partial charge in [-0.15, -0.1) is 0 Å². The van der Waals surface area contributed by atoms with Crippen LogP contribution in [0.2, 0.25) is 0 Å². The van der Waals surface area contributed by atoms with Gasteiger partial charge >= 0.3 is 0 Å². The molecule has 0 amide bonds. The molecule has 0 heterocycles. The first-order valence-corrected chi connectivity index (χ1v) is 10.7. The second-order valence-corrected chi connectivity index (χ2v) is 7.33. The van der Waals surface area contributed by atoms with Gasteiger partial charge in [-0.05, 0) is 41.9 Å². The van der Waals surface area contributed by atoms with Crippen LogP contribution < -0.4 is 5.32 Å². The molecule has 3 heteroatoms. The van der Waals surface area contributed by atoms with E-state index in [0.717, 1.165) is 59.2 Å². The van der Waals surface area contributed by atoms with Crippen molar-refractivity contribution in [2.24, 2.45) is 0 Å². The summed E-state index contributed by atoms with van der Waals surface area (Å²) in [7, 11) is 0. The number of anilines is 1. The summed E-state index contributed by atoms with van der Waals surface area (Å²) in [6, 6.07) is 29.0. The Morgan fingerprint density at radius 3 is 1.79 bits per heavy atom. The van der Waals surface area contributed by atoms with E-state index in [2.05, 4.69) is 72.6 Å². The molecule has 2 nitrogen and oxygen atoms in total. The number of hydrogen-bond donors (Lipinski definition) is 1. The Hall–Kier alpha value is -2.55. The summed E-state index contributed by atoms with van der Waals surface area (Å²) in [6.45, 7) is 8.55. The quantitative estimate of drug-likeness (QED) is 0.404. The third-order valence-corrected chi connectivity index (χ3v) is 5.54. The van der Waals surface area contributed by atoms with Crippen LogP contribution in [0.15, 0.2) is 84.9 Å². The second kappa shape index (κ2) is 10.8. The first kappa shape index (κ1) is 21.2.